The molecular weight excluding hydrogens is 228 g/mol. The maximum atomic E-state index is 11.7. The van der Waals surface area contributed by atoms with Crippen LogP contribution in [0, 0.1) is 5.92 Å². The van der Waals surface area contributed by atoms with Crippen LogP contribution in [0.4, 0.5) is 0 Å². The minimum atomic E-state index is -3.48. The Labute approximate surface area is 98.0 Å². The van der Waals surface area contributed by atoms with Gasteiger partial charge in [-0.15, -0.1) is 0 Å². The summed E-state index contributed by atoms with van der Waals surface area (Å²) in [5, 5.41) is 2.10. The molecule has 0 saturated heterocycles. The largest absolute Gasteiger partial charge is 0.301 e. The maximum absolute atomic E-state index is 11.7. The number of hydrogen-bond donors (Lipinski definition) is 2. The molecular formula is C10H22N2O3S. The van der Waals surface area contributed by atoms with Gasteiger partial charge in [0, 0.05) is 5.92 Å². The van der Waals surface area contributed by atoms with Gasteiger partial charge in [0.05, 0.1) is 6.04 Å². The van der Waals surface area contributed by atoms with Gasteiger partial charge in [-0.1, -0.05) is 20.8 Å². The molecule has 0 aromatic rings. The van der Waals surface area contributed by atoms with E-state index in [1.54, 1.807) is 27.7 Å². The smallest absolute Gasteiger partial charge is 0.228 e. The number of rotatable bonds is 7. The second-order valence-electron chi connectivity index (χ2n) is 4.14. The van der Waals surface area contributed by atoms with Crippen molar-refractivity contribution in [3.05, 3.63) is 0 Å². The summed E-state index contributed by atoms with van der Waals surface area (Å²) in [5.41, 5.74) is 0. The fourth-order valence-corrected chi connectivity index (χ4v) is 2.50. The van der Waals surface area contributed by atoms with Crippen LogP contribution in [0.1, 0.15) is 34.6 Å². The van der Waals surface area contributed by atoms with E-state index >= 15 is 0 Å². The molecule has 0 aliphatic heterocycles. The van der Waals surface area contributed by atoms with Gasteiger partial charge in [-0.05, 0) is 20.4 Å². The molecule has 0 fully saturated rings. The predicted molar refractivity (Wildman–Crippen MR) is 64.5 cm³/mol. The summed E-state index contributed by atoms with van der Waals surface area (Å²) in [6.45, 7) is 9.02. The summed E-state index contributed by atoms with van der Waals surface area (Å²) < 4.78 is 25.8. The fraction of sp³-hybridized carbons (Fsp3) is 0.900. The van der Waals surface area contributed by atoms with Crippen LogP contribution in [-0.2, 0) is 14.8 Å². The van der Waals surface area contributed by atoms with E-state index < -0.39 is 21.4 Å². The lowest BCUT2D eigenvalue weighted by atomic mass is 10.0. The summed E-state index contributed by atoms with van der Waals surface area (Å²) in [4.78, 5) is 11.6. The topological polar surface area (TPSA) is 75.3 Å². The van der Waals surface area contributed by atoms with Gasteiger partial charge in [0.1, 0.15) is 5.37 Å². The van der Waals surface area contributed by atoms with Gasteiger partial charge in [-0.25, -0.2) is 13.1 Å². The average molecular weight is 250 g/mol. The summed E-state index contributed by atoms with van der Waals surface area (Å²) >= 11 is 0. The van der Waals surface area contributed by atoms with Gasteiger partial charge in [-0.3, -0.25) is 4.79 Å². The Bertz CT molecular complexity index is 325. The molecule has 16 heavy (non-hydrogen) atoms. The molecule has 0 aromatic carbocycles. The van der Waals surface area contributed by atoms with Crippen molar-refractivity contribution in [2.75, 3.05) is 6.54 Å². The van der Waals surface area contributed by atoms with E-state index in [2.05, 4.69) is 10.0 Å². The number of hydrogen-bond acceptors (Lipinski definition) is 4. The zero-order valence-corrected chi connectivity index (χ0v) is 11.4. The SMILES string of the molecule is CCNC(C)S(=O)(=O)NC(C)C(=O)C(C)C. The van der Waals surface area contributed by atoms with Gasteiger partial charge in [0.15, 0.2) is 5.78 Å². The molecule has 2 atom stereocenters. The highest BCUT2D eigenvalue weighted by Crippen LogP contribution is 2.03. The average Bonchev–Trinajstić information content (AvgIpc) is 2.16. The first-order valence-electron chi connectivity index (χ1n) is 5.50. The molecule has 0 bridgehead atoms. The molecule has 2 unspecified atom stereocenters. The van der Waals surface area contributed by atoms with Crippen LogP contribution in [0.5, 0.6) is 0 Å². The summed E-state index contributed by atoms with van der Waals surface area (Å²) in [6, 6.07) is -0.675. The van der Waals surface area contributed by atoms with E-state index in [-0.39, 0.29) is 11.7 Å². The molecule has 6 heteroatoms. The van der Waals surface area contributed by atoms with E-state index in [1.807, 2.05) is 6.92 Å². The fourth-order valence-electron chi connectivity index (χ4n) is 1.30. The van der Waals surface area contributed by atoms with Gasteiger partial charge in [0.2, 0.25) is 10.0 Å². The van der Waals surface area contributed by atoms with Crippen LogP contribution in [0.25, 0.3) is 0 Å². The van der Waals surface area contributed by atoms with Crippen molar-refractivity contribution in [1.29, 1.82) is 0 Å². The van der Waals surface area contributed by atoms with Gasteiger partial charge >= 0.3 is 0 Å². The van der Waals surface area contributed by atoms with E-state index in [0.717, 1.165) is 0 Å². The molecule has 0 spiro atoms. The van der Waals surface area contributed by atoms with Crippen molar-refractivity contribution in [1.82, 2.24) is 10.0 Å². The van der Waals surface area contributed by atoms with Crippen molar-refractivity contribution in [2.24, 2.45) is 5.92 Å². The Morgan fingerprint density at radius 3 is 2.06 bits per heavy atom. The van der Waals surface area contributed by atoms with Gasteiger partial charge in [-0.2, -0.15) is 0 Å². The number of ketones is 1. The second kappa shape index (κ2) is 6.32. The third kappa shape index (κ3) is 4.59. The maximum Gasteiger partial charge on any atom is 0.228 e. The molecule has 0 rings (SSSR count). The quantitative estimate of drug-likeness (QED) is 0.689. The normalized spacial score (nSPS) is 16.1. The Morgan fingerprint density at radius 2 is 1.69 bits per heavy atom. The minimum Gasteiger partial charge on any atom is -0.301 e. The number of nitrogens with one attached hydrogen (secondary N) is 2. The van der Waals surface area contributed by atoms with Crippen molar-refractivity contribution < 1.29 is 13.2 Å². The van der Waals surface area contributed by atoms with E-state index in [0.29, 0.717) is 6.54 Å². The first-order valence-corrected chi connectivity index (χ1v) is 7.05. The number of carbonyl (C=O) groups is 1. The zero-order chi connectivity index (χ0) is 12.9. The number of carbonyl (C=O) groups excluding carboxylic acids is 1. The number of Topliss-reactive ketones (excluding diaryl/α,β-unsaturated/α-hetero) is 1. The van der Waals surface area contributed by atoms with E-state index in [1.165, 1.54) is 0 Å². The first kappa shape index (κ1) is 15.5. The van der Waals surface area contributed by atoms with Gasteiger partial charge < -0.3 is 5.32 Å². The predicted octanol–water partition coefficient (Wildman–Crippen LogP) is 0.475. The molecule has 96 valence electrons. The standard InChI is InChI=1S/C10H22N2O3S/c1-6-11-9(5)16(14,15)12-8(4)10(13)7(2)3/h7-9,11-12H,6H2,1-5H3. The van der Waals surface area contributed by atoms with Gasteiger partial charge in [0.25, 0.3) is 0 Å². The highest BCUT2D eigenvalue weighted by molar-refractivity contribution is 7.90. The summed E-state index contributed by atoms with van der Waals surface area (Å²) in [5.74, 6) is -0.278. The Morgan fingerprint density at radius 1 is 1.19 bits per heavy atom. The lowest BCUT2D eigenvalue weighted by Gasteiger charge is -2.19. The minimum absolute atomic E-state index is 0.104. The zero-order valence-electron chi connectivity index (χ0n) is 10.6. The van der Waals surface area contributed by atoms with E-state index in [9.17, 15) is 13.2 Å². The Balaban J connectivity index is 4.54. The monoisotopic (exact) mass is 250 g/mol. The van der Waals surface area contributed by atoms with Crippen molar-refractivity contribution in [3.63, 3.8) is 0 Å². The summed E-state index contributed by atoms with van der Waals surface area (Å²) in [6.07, 6.45) is 0. The first-order chi connectivity index (χ1) is 7.22. The molecule has 0 saturated carbocycles. The molecule has 0 aliphatic carbocycles. The molecule has 0 aliphatic rings. The highest BCUT2D eigenvalue weighted by Gasteiger charge is 2.25. The Hall–Kier alpha value is -0.460. The molecule has 0 heterocycles. The third-order valence-electron chi connectivity index (χ3n) is 2.29. The second-order valence-corrected chi connectivity index (χ2v) is 6.17. The number of sulfonamides is 1. The molecule has 0 radical (unpaired) electrons. The molecule has 0 amide bonds. The van der Waals surface area contributed by atoms with Crippen LogP contribution in [0.15, 0.2) is 0 Å². The molecule has 5 nitrogen and oxygen atoms in total. The van der Waals surface area contributed by atoms with Crippen molar-refractivity contribution in [3.8, 4) is 0 Å². The third-order valence-corrected chi connectivity index (χ3v) is 4.07. The Kier molecular flexibility index (Phi) is 6.14. The van der Waals surface area contributed by atoms with Crippen LogP contribution in [0.2, 0.25) is 0 Å². The van der Waals surface area contributed by atoms with Crippen molar-refractivity contribution in [2.45, 2.75) is 46.0 Å². The molecule has 0 aromatic heterocycles. The lowest BCUT2D eigenvalue weighted by Crippen LogP contribution is -2.48. The highest BCUT2D eigenvalue weighted by atomic mass is 32.2. The van der Waals surface area contributed by atoms with Crippen LogP contribution in [-0.4, -0.2) is 32.2 Å². The van der Waals surface area contributed by atoms with Crippen molar-refractivity contribution >= 4 is 15.8 Å². The van der Waals surface area contributed by atoms with Crippen LogP contribution < -0.4 is 10.0 Å². The van der Waals surface area contributed by atoms with Crippen LogP contribution in [0.3, 0.4) is 0 Å². The lowest BCUT2D eigenvalue weighted by molar-refractivity contribution is -0.123. The van der Waals surface area contributed by atoms with Crippen LogP contribution >= 0.6 is 0 Å². The summed E-state index contributed by atoms with van der Waals surface area (Å²) in [7, 11) is -3.48. The van der Waals surface area contributed by atoms with E-state index in [4.69, 9.17) is 0 Å². The molecule has 2 N–H and O–H groups in total.